The third-order valence-corrected chi connectivity index (χ3v) is 8.77. The van der Waals surface area contributed by atoms with Gasteiger partial charge in [-0.1, -0.05) is 0 Å². The van der Waals surface area contributed by atoms with Gasteiger partial charge in [0.2, 0.25) is 5.91 Å². The van der Waals surface area contributed by atoms with Crippen LogP contribution < -0.4 is 5.32 Å². The van der Waals surface area contributed by atoms with Crippen LogP contribution in [0, 0.1) is 4.91 Å². The van der Waals surface area contributed by atoms with Gasteiger partial charge in [0.15, 0.2) is 0 Å². The molecule has 6 N–H and O–H groups in total. The van der Waals surface area contributed by atoms with Crippen molar-refractivity contribution in [3.05, 3.63) is 4.91 Å². The average Bonchev–Trinajstić information content (AvgIpc) is 2.68. The molecule has 0 aliphatic carbocycles. The maximum Gasteiger partial charge on any atom is 0.369 e. The number of alkyl halides is 1. The number of carbonyl (C=O) groups excluding carboxylic acids is 2. The Morgan fingerprint density at radius 2 is 1.68 bits per heavy atom. The molecule has 1 saturated heterocycles. The number of amides is 3. The lowest BCUT2D eigenvalue weighted by Crippen LogP contribution is -2.55. The number of rotatable bonds is 10. The number of urea groups is 1. The fraction of sp³-hybridized carbons (Fsp3) is 0.846. The summed E-state index contributed by atoms with van der Waals surface area (Å²) in [6, 6.07) is -1.86. The number of piperazine rings is 1. The second-order valence-corrected chi connectivity index (χ2v) is 11.2. The number of halogens is 1. The van der Waals surface area contributed by atoms with E-state index in [0.717, 1.165) is 0 Å². The zero-order valence-electron chi connectivity index (χ0n) is 16.6. The minimum Gasteiger partial charge on any atom is -0.367 e. The SMILES string of the molecule is C[C@H](NC(=O)N(CCCl)N=O)C(=O)N1CCN(CCC(O)(P(=O)(O)O)P(=O)(O)O)CC1. The van der Waals surface area contributed by atoms with Crippen LogP contribution in [0.15, 0.2) is 5.29 Å². The van der Waals surface area contributed by atoms with E-state index in [1.807, 2.05) is 0 Å². The molecule has 0 bridgehead atoms. The highest BCUT2D eigenvalue weighted by atomic mass is 35.5. The Hall–Kier alpha value is -1.15. The number of aliphatic hydroxyl groups is 1. The quantitative estimate of drug-likeness (QED) is 0.0892. The number of nitrogens with zero attached hydrogens (tertiary/aromatic N) is 4. The van der Waals surface area contributed by atoms with Crippen molar-refractivity contribution in [1.82, 2.24) is 20.1 Å². The number of hydrogen-bond acceptors (Lipinski definition) is 8. The molecule has 31 heavy (non-hydrogen) atoms. The van der Waals surface area contributed by atoms with Crippen LogP contribution in [0.3, 0.4) is 0 Å². The van der Waals surface area contributed by atoms with Gasteiger partial charge in [-0.15, -0.1) is 16.5 Å². The average molecular weight is 510 g/mol. The van der Waals surface area contributed by atoms with E-state index in [4.69, 9.17) is 31.2 Å². The highest BCUT2D eigenvalue weighted by Crippen LogP contribution is 2.68. The number of nitrogens with one attached hydrogen (secondary N) is 1. The molecule has 1 aliphatic heterocycles. The first-order valence-electron chi connectivity index (χ1n) is 9.00. The molecule has 180 valence electrons. The summed E-state index contributed by atoms with van der Waals surface area (Å²) in [6.07, 6.45) is -0.878. The van der Waals surface area contributed by atoms with Crippen LogP contribution in [-0.4, -0.2) is 108 Å². The van der Waals surface area contributed by atoms with Crippen LogP contribution in [0.5, 0.6) is 0 Å². The summed E-state index contributed by atoms with van der Waals surface area (Å²) in [4.78, 5) is 74.6. The Labute approximate surface area is 182 Å². The fourth-order valence-electron chi connectivity index (χ4n) is 2.82. The van der Waals surface area contributed by atoms with Crippen molar-refractivity contribution in [1.29, 1.82) is 0 Å². The fourth-order valence-corrected chi connectivity index (χ4v) is 5.12. The molecule has 15 nitrogen and oxygen atoms in total. The van der Waals surface area contributed by atoms with Crippen LogP contribution in [0.2, 0.25) is 0 Å². The maximum absolute atomic E-state index is 12.5. The highest BCUT2D eigenvalue weighted by molar-refractivity contribution is 7.72. The van der Waals surface area contributed by atoms with Gasteiger partial charge < -0.3 is 34.9 Å². The van der Waals surface area contributed by atoms with Gasteiger partial charge in [-0.3, -0.25) is 18.8 Å². The van der Waals surface area contributed by atoms with E-state index in [9.17, 15) is 28.7 Å². The van der Waals surface area contributed by atoms with Crippen molar-refractivity contribution in [2.24, 2.45) is 5.29 Å². The molecule has 0 spiro atoms. The molecule has 1 heterocycles. The van der Waals surface area contributed by atoms with Crippen LogP contribution >= 0.6 is 26.8 Å². The summed E-state index contributed by atoms with van der Waals surface area (Å²) in [5, 5.41) is 11.8. The zero-order chi connectivity index (χ0) is 24.0. The molecule has 0 saturated carbocycles. The molecule has 1 fully saturated rings. The van der Waals surface area contributed by atoms with E-state index >= 15 is 0 Å². The minimum atomic E-state index is -5.53. The topological polar surface area (TPSA) is 221 Å². The van der Waals surface area contributed by atoms with Gasteiger partial charge in [0.05, 0.1) is 11.8 Å². The van der Waals surface area contributed by atoms with Gasteiger partial charge >= 0.3 is 21.2 Å². The predicted octanol–water partition coefficient (Wildman–Crippen LogP) is -1.16. The van der Waals surface area contributed by atoms with E-state index < -0.39 is 44.7 Å². The second kappa shape index (κ2) is 11.1. The van der Waals surface area contributed by atoms with Crippen molar-refractivity contribution in [3.63, 3.8) is 0 Å². The summed E-state index contributed by atoms with van der Waals surface area (Å²) in [7, 11) is -11.1. The first kappa shape index (κ1) is 27.9. The lowest BCUT2D eigenvalue weighted by atomic mass is 10.2. The molecule has 1 aliphatic rings. The summed E-state index contributed by atoms with van der Waals surface area (Å²) < 4.78 is 22.8. The molecular weight excluding hydrogens is 484 g/mol. The highest BCUT2D eigenvalue weighted by Gasteiger charge is 2.59. The monoisotopic (exact) mass is 509 g/mol. The minimum absolute atomic E-state index is 0.0252. The molecule has 1 rings (SSSR count). The van der Waals surface area contributed by atoms with E-state index in [1.165, 1.54) is 11.8 Å². The molecule has 0 aromatic carbocycles. The molecule has 0 aromatic heterocycles. The van der Waals surface area contributed by atoms with Gasteiger partial charge in [0.1, 0.15) is 6.04 Å². The standard InChI is InChI=1S/C13H26ClN5O10P2/c1-10(15-12(21)19(16-23)5-3-14)11(20)18-8-6-17(7-9-18)4-2-13(22,30(24,25)26)31(27,28)29/h10,22H,2-9H2,1H3,(H,15,21)(H2,24,25,26)(H2,27,28,29)/t10-/m0/s1. The number of hydrogen-bond donors (Lipinski definition) is 6. The summed E-state index contributed by atoms with van der Waals surface area (Å²) in [5.41, 5.74) is 0. The number of carbonyl (C=O) groups is 2. The first-order valence-corrected chi connectivity index (χ1v) is 12.8. The Morgan fingerprint density at radius 3 is 2.10 bits per heavy atom. The lowest BCUT2D eigenvalue weighted by molar-refractivity contribution is -0.134. The second-order valence-electron chi connectivity index (χ2n) is 6.84. The molecule has 0 radical (unpaired) electrons. The lowest BCUT2D eigenvalue weighted by Gasteiger charge is -2.37. The van der Waals surface area contributed by atoms with Crippen LogP contribution in [0.25, 0.3) is 0 Å². The zero-order valence-corrected chi connectivity index (χ0v) is 19.1. The van der Waals surface area contributed by atoms with Crippen molar-refractivity contribution >= 4 is 38.7 Å². The van der Waals surface area contributed by atoms with E-state index in [2.05, 4.69) is 10.6 Å². The molecular formula is C13H26ClN5O10P2. The van der Waals surface area contributed by atoms with Gasteiger partial charge in [-0.25, -0.2) is 4.79 Å². The first-order chi connectivity index (χ1) is 14.2. The van der Waals surface area contributed by atoms with Crippen LogP contribution in [-0.2, 0) is 13.9 Å². The normalized spacial score (nSPS) is 17.2. The third-order valence-electron chi connectivity index (χ3n) is 4.72. The molecule has 1 atom stereocenters. The molecule has 18 heteroatoms. The van der Waals surface area contributed by atoms with Crippen molar-refractivity contribution in [2.75, 3.05) is 45.1 Å². The third kappa shape index (κ3) is 7.17. The van der Waals surface area contributed by atoms with E-state index in [-0.39, 0.29) is 45.1 Å². The number of nitroso groups, excluding NO2 is 1. The molecule has 0 unspecified atom stereocenters. The van der Waals surface area contributed by atoms with Gasteiger partial charge in [0.25, 0.3) is 5.08 Å². The largest absolute Gasteiger partial charge is 0.369 e. The molecule has 3 amide bonds. The Morgan fingerprint density at radius 1 is 1.16 bits per heavy atom. The van der Waals surface area contributed by atoms with E-state index in [1.54, 1.807) is 4.90 Å². The van der Waals surface area contributed by atoms with Gasteiger partial charge in [-0.2, -0.15) is 5.01 Å². The van der Waals surface area contributed by atoms with Gasteiger partial charge in [0, 0.05) is 45.0 Å². The summed E-state index contributed by atoms with van der Waals surface area (Å²) in [6.45, 7) is 1.74. The van der Waals surface area contributed by atoms with Crippen LogP contribution in [0.1, 0.15) is 13.3 Å². The maximum atomic E-state index is 12.5. The Kier molecular flexibility index (Phi) is 10.0. The Bertz CT molecular complexity index is 731. The Balaban J connectivity index is 2.61. The van der Waals surface area contributed by atoms with E-state index in [0.29, 0.717) is 5.01 Å². The molecule has 0 aromatic rings. The van der Waals surface area contributed by atoms with Crippen LogP contribution in [0.4, 0.5) is 4.79 Å². The van der Waals surface area contributed by atoms with Crippen molar-refractivity contribution in [2.45, 2.75) is 24.5 Å². The predicted molar refractivity (Wildman–Crippen MR) is 108 cm³/mol. The van der Waals surface area contributed by atoms with Gasteiger partial charge in [-0.05, 0) is 6.92 Å². The van der Waals surface area contributed by atoms with Crippen molar-refractivity contribution < 1.29 is 43.4 Å². The van der Waals surface area contributed by atoms with Crippen molar-refractivity contribution in [3.8, 4) is 0 Å². The smallest absolute Gasteiger partial charge is 0.367 e. The summed E-state index contributed by atoms with van der Waals surface area (Å²) in [5.74, 6) is -0.477. The summed E-state index contributed by atoms with van der Waals surface area (Å²) >= 11 is 5.45.